The summed E-state index contributed by atoms with van der Waals surface area (Å²) in [7, 11) is 1.59. The van der Waals surface area contributed by atoms with Crippen molar-refractivity contribution in [3.8, 4) is 22.8 Å². The minimum atomic E-state index is 0.179. The summed E-state index contributed by atoms with van der Waals surface area (Å²) >= 11 is 0. The highest BCUT2D eigenvalue weighted by Crippen LogP contribution is 2.25. The second-order valence-corrected chi connectivity index (χ2v) is 6.53. The maximum atomic E-state index is 5.99. The third-order valence-electron chi connectivity index (χ3n) is 4.69. The zero-order valence-corrected chi connectivity index (χ0v) is 16.4. The first-order valence-corrected chi connectivity index (χ1v) is 9.41. The van der Waals surface area contributed by atoms with Gasteiger partial charge in [0.05, 0.1) is 30.7 Å². The summed E-state index contributed by atoms with van der Waals surface area (Å²) in [5.74, 6) is 1.81. The van der Waals surface area contributed by atoms with Gasteiger partial charge in [-0.25, -0.2) is 4.98 Å². The van der Waals surface area contributed by atoms with E-state index in [1.165, 1.54) is 0 Å². The van der Waals surface area contributed by atoms with Crippen molar-refractivity contribution in [3.63, 3.8) is 0 Å². The van der Waals surface area contributed by atoms with Crippen molar-refractivity contribution >= 4 is 16.7 Å². The van der Waals surface area contributed by atoms with E-state index in [0.29, 0.717) is 34.0 Å². The fourth-order valence-corrected chi connectivity index (χ4v) is 3.10. The van der Waals surface area contributed by atoms with E-state index in [9.17, 15) is 0 Å². The first-order chi connectivity index (χ1) is 14.7. The van der Waals surface area contributed by atoms with Crippen molar-refractivity contribution in [2.24, 2.45) is 0 Å². The van der Waals surface area contributed by atoms with Gasteiger partial charge in [-0.2, -0.15) is 14.7 Å². The number of aryl methyl sites for hydroxylation is 1. The number of nitrogens with zero attached hydrogens (tertiary/aromatic N) is 8. The largest absolute Gasteiger partial charge is 0.495 e. The monoisotopic (exact) mass is 402 g/mol. The van der Waals surface area contributed by atoms with Gasteiger partial charge in [-0.1, -0.05) is 0 Å². The van der Waals surface area contributed by atoms with Crippen LogP contribution in [0.2, 0.25) is 0 Å². The Labute approximate surface area is 171 Å². The van der Waals surface area contributed by atoms with Crippen LogP contribution in [0, 0.1) is 0 Å². The lowest BCUT2D eigenvalue weighted by atomic mass is 10.2. The third kappa shape index (κ3) is 3.17. The van der Waals surface area contributed by atoms with Gasteiger partial charge in [-0.3, -0.25) is 9.67 Å². The van der Waals surface area contributed by atoms with Gasteiger partial charge in [0.25, 0.3) is 0 Å². The number of hydrogen-bond donors (Lipinski definition) is 0. The highest BCUT2D eigenvalue weighted by atomic mass is 16.5. The number of ether oxygens (including phenoxy) is 2. The molecule has 0 saturated heterocycles. The Morgan fingerprint density at radius 2 is 2.00 bits per heavy atom. The van der Waals surface area contributed by atoms with Crippen molar-refractivity contribution in [1.82, 2.24) is 39.6 Å². The van der Waals surface area contributed by atoms with Crippen LogP contribution in [-0.4, -0.2) is 46.7 Å². The molecule has 0 atom stereocenters. The molecule has 0 bridgehead atoms. The van der Waals surface area contributed by atoms with Gasteiger partial charge in [0, 0.05) is 36.6 Å². The topological polar surface area (TPSA) is 105 Å². The lowest BCUT2D eigenvalue weighted by molar-refractivity contribution is 0.295. The maximum Gasteiger partial charge on any atom is 0.192 e. The Balaban J connectivity index is 1.44. The van der Waals surface area contributed by atoms with Gasteiger partial charge in [0.15, 0.2) is 11.5 Å². The quantitative estimate of drug-likeness (QED) is 0.427. The number of hydrogen-bond acceptors (Lipinski definition) is 8. The summed E-state index contributed by atoms with van der Waals surface area (Å²) in [6, 6.07) is 7.35. The zero-order valence-electron chi connectivity index (χ0n) is 16.4. The maximum absolute atomic E-state index is 5.99. The fraction of sp³-hybridized carbons (Fsp3) is 0.200. The van der Waals surface area contributed by atoms with E-state index < -0.39 is 0 Å². The van der Waals surface area contributed by atoms with Gasteiger partial charge in [0.2, 0.25) is 0 Å². The molecule has 0 radical (unpaired) electrons. The first-order valence-electron chi connectivity index (χ1n) is 9.41. The van der Waals surface area contributed by atoms with Crippen LogP contribution in [-0.2, 0) is 13.2 Å². The molecule has 10 nitrogen and oxygen atoms in total. The molecule has 0 aliphatic heterocycles. The molecule has 0 spiro atoms. The second kappa shape index (κ2) is 7.39. The summed E-state index contributed by atoms with van der Waals surface area (Å²) in [6.07, 6.45) is 7.05. The predicted molar refractivity (Wildman–Crippen MR) is 108 cm³/mol. The zero-order chi connectivity index (χ0) is 20.5. The summed E-state index contributed by atoms with van der Waals surface area (Å²) < 4.78 is 14.7. The van der Waals surface area contributed by atoms with Crippen LogP contribution >= 0.6 is 0 Å². The Bertz CT molecular complexity index is 1340. The number of pyridine rings is 2. The molecule has 0 saturated carbocycles. The lowest BCUT2D eigenvalue weighted by Gasteiger charge is -2.08. The van der Waals surface area contributed by atoms with Crippen LogP contribution in [0.4, 0.5) is 0 Å². The molecule has 150 valence electrons. The molecule has 0 aliphatic rings. The number of aromatic nitrogens is 8. The highest BCUT2D eigenvalue weighted by Gasteiger charge is 2.12. The number of rotatable bonds is 6. The van der Waals surface area contributed by atoms with Crippen LogP contribution in [0.25, 0.3) is 27.9 Å². The SMILES string of the molecule is CCn1cc(-c2ccc3nnc(COc4ccnc5cc(OC)cnc45)n3n2)cn1. The Morgan fingerprint density at radius 3 is 2.83 bits per heavy atom. The molecule has 5 aromatic rings. The van der Waals surface area contributed by atoms with E-state index in [2.05, 4.69) is 30.4 Å². The third-order valence-corrected chi connectivity index (χ3v) is 4.69. The van der Waals surface area contributed by atoms with Crippen LogP contribution in [0.15, 0.2) is 49.1 Å². The summed E-state index contributed by atoms with van der Waals surface area (Å²) in [4.78, 5) is 8.72. The van der Waals surface area contributed by atoms with Gasteiger partial charge < -0.3 is 9.47 Å². The molecule has 0 fully saturated rings. The van der Waals surface area contributed by atoms with Crippen molar-refractivity contribution in [2.45, 2.75) is 20.1 Å². The summed E-state index contributed by atoms with van der Waals surface area (Å²) in [6.45, 7) is 3.02. The van der Waals surface area contributed by atoms with Crippen molar-refractivity contribution in [1.29, 1.82) is 0 Å². The van der Waals surface area contributed by atoms with Gasteiger partial charge >= 0.3 is 0 Å². The highest BCUT2D eigenvalue weighted by molar-refractivity contribution is 5.81. The van der Waals surface area contributed by atoms with Gasteiger partial charge in [-0.05, 0) is 19.1 Å². The molecule has 0 amide bonds. The normalized spacial score (nSPS) is 11.3. The van der Waals surface area contributed by atoms with E-state index in [0.717, 1.165) is 17.8 Å². The standard InChI is InChI=1S/C20H18N8O2/c1-3-27-11-13(9-23-27)15-4-5-18-24-25-19(28(18)26-15)12-30-17-6-7-21-16-8-14(29-2)10-22-20(16)17/h4-11H,3,12H2,1-2H3. The molecule has 30 heavy (non-hydrogen) atoms. The molecular weight excluding hydrogens is 384 g/mol. The van der Waals surface area contributed by atoms with E-state index in [4.69, 9.17) is 9.47 Å². The molecule has 0 N–H and O–H groups in total. The Kier molecular flexibility index (Phi) is 4.43. The van der Waals surface area contributed by atoms with Crippen molar-refractivity contribution in [2.75, 3.05) is 7.11 Å². The molecule has 5 aromatic heterocycles. The molecular formula is C20H18N8O2. The summed E-state index contributed by atoms with van der Waals surface area (Å²) in [5.41, 5.74) is 3.69. The minimum absolute atomic E-state index is 0.179. The van der Waals surface area contributed by atoms with E-state index in [-0.39, 0.29) is 6.61 Å². The lowest BCUT2D eigenvalue weighted by Crippen LogP contribution is -2.05. The number of fused-ring (bicyclic) bond motifs is 2. The second-order valence-electron chi connectivity index (χ2n) is 6.53. The molecule has 0 aromatic carbocycles. The predicted octanol–water partition coefficient (Wildman–Crippen LogP) is 2.54. The average Bonchev–Trinajstić information content (AvgIpc) is 3.43. The van der Waals surface area contributed by atoms with Crippen LogP contribution in [0.5, 0.6) is 11.5 Å². The first kappa shape index (κ1) is 18.0. The summed E-state index contributed by atoms with van der Waals surface area (Å²) in [5, 5.41) is 17.4. The molecule has 10 heteroatoms. The molecule has 5 heterocycles. The van der Waals surface area contributed by atoms with Crippen LogP contribution < -0.4 is 9.47 Å². The van der Waals surface area contributed by atoms with E-state index in [1.54, 1.807) is 36.3 Å². The van der Waals surface area contributed by atoms with Crippen molar-refractivity contribution < 1.29 is 9.47 Å². The van der Waals surface area contributed by atoms with Crippen molar-refractivity contribution in [3.05, 3.63) is 54.9 Å². The van der Waals surface area contributed by atoms with Crippen LogP contribution in [0.1, 0.15) is 12.7 Å². The Morgan fingerprint density at radius 1 is 1.07 bits per heavy atom. The van der Waals surface area contributed by atoms with E-state index in [1.807, 2.05) is 36.0 Å². The smallest absolute Gasteiger partial charge is 0.192 e. The van der Waals surface area contributed by atoms with Crippen LogP contribution in [0.3, 0.4) is 0 Å². The van der Waals surface area contributed by atoms with Gasteiger partial charge in [-0.15, -0.1) is 10.2 Å². The Hall–Kier alpha value is -4.08. The molecule has 5 rings (SSSR count). The minimum Gasteiger partial charge on any atom is -0.495 e. The van der Waals surface area contributed by atoms with Gasteiger partial charge in [0.1, 0.15) is 23.6 Å². The average molecular weight is 402 g/mol. The number of methoxy groups -OCH3 is 1. The van der Waals surface area contributed by atoms with E-state index >= 15 is 0 Å². The fourth-order valence-electron chi connectivity index (χ4n) is 3.10. The molecule has 0 unspecified atom stereocenters. The molecule has 0 aliphatic carbocycles.